The van der Waals surface area contributed by atoms with Gasteiger partial charge in [-0.15, -0.1) is 0 Å². The highest BCUT2D eigenvalue weighted by Gasteiger charge is 2.21. The number of hydrogen-bond donors (Lipinski definition) is 2. The van der Waals surface area contributed by atoms with Crippen molar-refractivity contribution in [1.82, 2.24) is 10.2 Å². The van der Waals surface area contributed by atoms with Crippen molar-refractivity contribution in [2.24, 2.45) is 5.73 Å². The van der Waals surface area contributed by atoms with Crippen molar-refractivity contribution < 1.29 is 9.59 Å². The molecule has 1 aromatic carbocycles. The predicted octanol–water partition coefficient (Wildman–Crippen LogP) is 2.80. The molecule has 0 radical (unpaired) electrons. The largest absolute Gasteiger partial charge is 0.349 e. The molecule has 0 aliphatic heterocycles. The molecule has 2 atom stereocenters. The van der Waals surface area contributed by atoms with Crippen molar-refractivity contribution >= 4 is 11.8 Å². The minimum atomic E-state index is -0.571. The van der Waals surface area contributed by atoms with Gasteiger partial charge < -0.3 is 16.0 Å². The van der Waals surface area contributed by atoms with Gasteiger partial charge in [0.15, 0.2) is 0 Å². The molecule has 0 unspecified atom stereocenters. The molecule has 0 aromatic heterocycles. The third kappa shape index (κ3) is 7.18. The number of aryl methyl sites for hydroxylation is 1. The van der Waals surface area contributed by atoms with E-state index in [1.165, 1.54) is 24.8 Å². The minimum absolute atomic E-state index is 0.00153. The normalized spacial score (nSPS) is 17.4. The fraction of sp³-hybridized carbons (Fsp3) is 0.545. The summed E-state index contributed by atoms with van der Waals surface area (Å²) in [6.45, 7) is 1.66. The van der Waals surface area contributed by atoms with Crippen LogP contribution in [-0.4, -0.2) is 41.9 Å². The van der Waals surface area contributed by atoms with Gasteiger partial charge in [0.1, 0.15) is 0 Å². The summed E-state index contributed by atoms with van der Waals surface area (Å²) >= 11 is 0. The first kappa shape index (κ1) is 21.2. The molecule has 0 bridgehead atoms. The Bertz CT molecular complexity index is 622. The molecule has 148 valence electrons. The number of likely N-dealkylation sites (N-methyl/N-ethyl adjacent to an activating group) is 1. The van der Waals surface area contributed by atoms with Crippen LogP contribution in [0.2, 0.25) is 0 Å². The Morgan fingerprint density at radius 1 is 1.22 bits per heavy atom. The molecular formula is C22H33N3O2. The van der Waals surface area contributed by atoms with E-state index in [0.717, 1.165) is 25.7 Å². The van der Waals surface area contributed by atoms with E-state index in [0.29, 0.717) is 6.04 Å². The molecule has 27 heavy (non-hydrogen) atoms. The summed E-state index contributed by atoms with van der Waals surface area (Å²) in [5, 5.41) is 2.94. The third-order valence-electron chi connectivity index (χ3n) is 5.27. The van der Waals surface area contributed by atoms with E-state index in [1.54, 1.807) is 13.0 Å². The quantitative estimate of drug-likeness (QED) is 0.690. The van der Waals surface area contributed by atoms with Crippen LogP contribution < -0.4 is 11.1 Å². The number of nitrogens with two attached hydrogens (primary N) is 1. The summed E-state index contributed by atoms with van der Waals surface area (Å²) in [5.41, 5.74) is 6.89. The Hall–Kier alpha value is -2.14. The smallest absolute Gasteiger partial charge is 0.246 e. The lowest BCUT2D eigenvalue weighted by Crippen LogP contribution is -2.43. The van der Waals surface area contributed by atoms with E-state index >= 15 is 0 Å². The molecule has 2 rings (SSSR count). The molecular weight excluding hydrogens is 338 g/mol. The van der Waals surface area contributed by atoms with E-state index in [-0.39, 0.29) is 17.9 Å². The number of amides is 2. The lowest BCUT2D eigenvalue weighted by molar-refractivity contribution is -0.127. The van der Waals surface area contributed by atoms with Crippen molar-refractivity contribution in [2.75, 3.05) is 7.05 Å². The van der Waals surface area contributed by atoms with Crippen LogP contribution >= 0.6 is 0 Å². The van der Waals surface area contributed by atoms with Crippen molar-refractivity contribution in [2.45, 2.75) is 70.0 Å². The van der Waals surface area contributed by atoms with Crippen LogP contribution in [0, 0.1) is 0 Å². The average Bonchev–Trinajstić information content (AvgIpc) is 2.70. The molecule has 5 heteroatoms. The molecule has 0 heterocycles. The monoisotopic (exact) mass is 371 g/mol. The lowest BCUT2D eigenvalue weighted by atomic mass is 9.94. The number of benzene rings is 1. The average molecular weight is 372 g/mol. The highest BCUT2D eigenvalue weighted by Crippen LogP contribution is 2.21. The molecule has 2 amide bonds. The van der Waals surface area contributed by atoms with Gasteiger partial charge >= 0.3 is 0 Å². The summed E-state index contributed by atoms with van der Waals surface area (Å²) < 4.78 is 0. The minimum Gasteiger partial charge on any atom is -0.349 e. The van der Waals surface area contributed by atoms with Crippen LogP contribution in [-0.2, 0) is 16.0 Å². The second-order valence-electron chi connectivity index (χ2n) is 7.53. The second-order valence-corrected chi connectivity index (χ2v) is 7.53. The zero-order valence-corrected chi connectivity index (χ0v) is 16.6. The number of hydrogen-bond acceptors (Lipinski definition) is 3. The SMILES string of the molecule is C[C@H](N)C(=O)N[C@H](C=CC(=O)N(C)C1CCCCC1)CCc1ccccc1. The maximum Gasteiger partial charge on any atom is 0.246 e. The fourth-order valence-corrected chi connectivity index (χ4v) is 3.46. The predicted molar refractivity (Wildman–Crippen MR) is 109 cm³/mol. The van der Waals surface area contributed by atoms with Crippen molar-refractivity contribution in [3.05, 3.63) is 48.0 Å². The number of carbonyl (C=O) groups is 2. The van der Waals surface area contributed by atoms with Crippen LogP contribution in [0.3, 0.4) is 0 Å². The zero-order chi connectivity index (χ0) is 19.6. The van der Waals surface area contributed by atoms with E-state index in [4.69, 9.17) is 5.73 Å². The third-order valence-corrected chi connectivity index (χ3v) is 5.27. The second kappa shape index (κ2) is 10.9. The van der Waals surface area contributed by atoms with E-state index < -0.39 is 6.04 Å². The van der Waals surface area contributed by atoms with Gasteiger partial charge in [-0.3, -0.25) is 9.59 Å². The Kier molecular flexibility index (Phi) is 8.52. The summed E-state index contributed by atoms with van der Waals surface area (Å²) in [4.78, 5) is 26.4. The summed E-state index contributed by atoms with van der Waals surface area (Å²) in [6.07, 6.45) is 10.8. The summed E-state index contributed by atoms with van der Waals surface area (Å²) in [7, 11) is 1.88. The molecule has 3 N–H and O–H groups in total. The Morgan fingerprint density at radius 2 is 1.89 bits per heavy atom. The van der Waals surface area contributed by atoms with Gasteiger partial charge in [-0.05, 0) is 38.2 Å². The highest BCUT2D eigenvalue weighted by atomic mass is 16.2. The maximum absolute atomic E-state index is 12.5. The maximum atomic E-state index is 12.5. The van der Waals surface area contributed by atoms with Crippen LogP contribution in [0.4, 0.5) is 0 Å². The fourth-order valence-electron chi connectivity index (χ4n) is 3.46. The highest BCUT2D eigenvalue weighted by molar-refractivity contribution is 5.88. The van der Waals surface area contributed by atoms with Gasteiger partial charge in [0.25, 0.3) is 0 Å². The van der Waals surface area contributed by atoms with Crippen LogP contribution in [0.25, 0.3) is 0 Å². The molecule has 0 saturated heterocycles. The van der Waals surface area contributed by atoms with Crippen molar-refractivity contribution in [3.8, 4) is 0 Å². The topological polar surface area (TPSA) is 75.4 Å². The Morgan fingerprint density at radius 3 is 2.52 bits per heavy atom. The number of nitrogens with one attached hydrogen (secondary N) is 1. The van der Waals surface area contributed by atoms with Crippen LogP contribution in [0.1, 0.15) is 51.0 Å². The van der Waals surface area contributed by atoms with Crippen molar-refractivity contribution in [1.29, 1.82) is 0 Å². The lowest BCUT2D eigenvalue weighted by Gasteiger charge is -2.30. The summed E-state index contributed by atoms with van der Waals surface area (Å²) in [5.74, 6) is -0.201. The van der Waals surface area contributed by atoms with Gasteiger partial charge in [-0.2, -0.15) is 0 Å². The van der Waals surface area contributed by atoms with Gasteiger partial charge in [0.05, 0.1) is 6.04 Å². The molecule has 1 aromatic rings. The summed E-state index contributed by atoms with van der Waals surface area (Å²) in [6, 6.07) is 9.67. The number of rotatable bonds is 8. The van der Waals surface area contributed by atoms with E-state index in [9.17, 15) is 9.59 Å². The first-order chi connectivity index (χ1) is 13.0. The Labute approximate surface area is 163 Å². The van der Waals surface area contributed by atoms with Crippen molar-refractivity contribution in [3.63, 3.8) is 0 Å². The standard InChI is InChI=1S/C22H33N3O2/c1-17(23)22(27)24-19(14-13-18-9-5-3-6-10-18)15-16-21(26)25(2)20-11-7-4-8-12-20/h3,5-6,9-10,15-17,19-20H,4,7-8,11-14,23H2,1-2H3,(H,24,27)/t17-,19-/m0/s1. The number of nitrogens with zero attached hydrogens (tertiary/aromatic N) is 1. The van der Waals surface area contributed by atoms with Gasteiger partial charge in [-0.1, -0.05) is 55.7 Å². The molecule has 1 saturated carbocycles. The molecule has 1 aliphatic rings. The first-order valence-electron chi connectivity index (χ1n) is 10.0. The first-order valence-corrected chi connectivity index (χ1v) is 10.0. The molecule has 1 fully saturated rings. The van der Waals surface area contributed by atoms with Gasteiger partial charge in [-0.25, -0.2) is 0 Å². The van der Waals surface area contributed by atoms with Gasteiger partial charge in [0.2, 0.25) is 11.8 Å². The van der Waals surface area contributed by atoms with E-state index in [1.807, 2.05) is 36.2 Å². The number of carbonyl (C=O) groups excluding carboxylic acids is 2. The van der Waals surface area contributed by atoms with E-state index in [2.05, 4.69) is 17.4 Å². The van der Waals surface area contributed by atoms with Crippen LogP contribution in [0.5, 0.6) is 0 Å². The molecule has 1 aliphatic carbocycles. The van der Waals surface area contributed by atoms with Crippen LogP contribution in [0.15, 0.2) is 42.5 Å². The molecule has 5 nitrogen and oxygen atoms in total. The molecule has 0 spiro atoms. The Balaban J connectivity index is 1.97. The zero-order valence-electron chi connectivity index (χ0n) is 16.6. The van der Waals surface area contributed by atoms with Gasteiger partial charge in [0, 0.05) is 25.2 Å².